The fourth-order valence-corrected chi connectivity index (χ4v) is 7.43. The van der Waals surface area contributed by atoms with Crippen molar-refractivity contribution in [3.63, 3.8) is 0 Å². The smallest absolute Gasteiger partial charge is 0.417 e. The van der Waals surface area contributed by atoms with E-state index in [1.807, 2.05) is 4.90 Å². The number of hydrogen-bond donors (Lipinski definition) is 1. The molecule has 2 saturated heterocycles. The zero-order valence-electron chi connectivity index (χ0n) is 23.5. The van der Waals surface area contributed by atoms with Crippen LogP contribution in [-0.2, 0) is 6.18 Å². The van der Waals surface area contributed by atoms with Gasteiger partial charge in [-0.25, -0.2) is 22.0 Å². The van der Waals surface area contributed by atoms with Gasteiger partial charge in [-0.05, 0) is 37.1 Å². The number of aromatic nitrogens is 2. The number of ether oxygens (including phenoxy) is 1. The van der Waals surface area contributed by atoms with Gasteiger partial charge in [-0.3, -0.25) is 4.90 Å². The Kier molecular flexibility index (Phi) is 7.67. The number of fused-ring (bicyclic) bond motifs is 3. The number of hydrogen-bond acceptors (Lipinski definition) is 8. The molecule has 6 rings (SSSR count). The van der Waals surface area contributed by atoms with Gasteiger partial charge in [0.2, 0.25) is 0 Å². The molecule has 45 heavy (non-hydrogen) atoms. The highest BCUT2D eigenvalue weighted by molar-refractivity contribution is 7.23. The highest BCUT2D eigenvalue weighted by Crippen LogP contribution is 2.48. The van der Waals surface area contributed by atoms with Gasteiger partial charge in [0, 0.05) is 36.3 Å². The molecule has 2 N–H and O–H groups in total. The Morgan fingerprint density at radius 3 is 2.71 bits per heavy atom. The molecule has 16 heteroatoms. The summed E-state index contributed by atoms with van der Waals surface area (Å²) in [5, 5.41) is 8.66. The van der Waals surface area contributed by atoms with Gasteiger partial charge in [0.05, 0.1) is 27.9 Å². The molecule has 0 unspecified atom stereocenters. The second kappa shape index (κ2) is 11.1. The topological polar surface area (TPSA) is 91.3 Å². The molecule has 238 valence electrons. The van der Waals surface area contributed by atoms with E-state index in [1.165, 1.54) is 0 Å². The summed E-state index contributed by atoms with van der Waals surface area (Å²) in [6, 6.07) is 3.52. The Morgan fingerprint density at radius 2 is 2.02 bits per heavy atom. The number of benzene rings is 2. The number of nitrogens with zero attached hydrogens (tertiary/aromatic N) is 5. The third-order valence-corrected chi connectivity index (χ3v) is 9.43. The lowest BCUT2D eigenvalue weighted by Gasteiger charge is -2.31. The van der Waals surface area contributed by atoms with E-state index < -0.39 is 81.9 Å². The van der Waals surface area contributed by atoms with E-state index in [9.17, 15) is 36.0 Å². The van der Waals surface area contributed by atoms with Gasteiger partial charge >= 0.3 is 12.2 Å². The van der Waals surface area contributed by atoms with Crippen LogP contribution in [0.4, 0.5) is 45.9 Å². The molecule has 0 radical (unpaired) electrons. The minimum atomic E-state index is -5.20. The Labute approximate surface area is 254 Å². The second-order valence-electron chi connectivity index (χ2n) is 11.2. The lowest BCUT2D eigenvalue weighted by Crippen LogP contribution is -2.43. The maximum absolute atomic E-state index is 16.6. The average molecular weight is 657 g/mol. The van der Waals surface area contributed by atoms with E-state index in [0.717, 1.165) is 30.5 Å². The first-order valence-electron chi connectivity index (χ1n) is 13.8. The number of nitriles is 1. The molecule has 4 aromatic rings. The standard InChI is InChI=1S/C29H24F8N6OS/c1-42(11-19(32)33)26-15-7-17(29(35,36)37)21(14-3-4-18(31)24-20(14)16(9-38)25(39)45-24)22(34)23(15)40-27(41-26)44-12-28-5-2-6-43(28)10-13(30)8-28/h3-4,7,13,19H,2,5-6,8,10-12,39H2,1H3/t13-,28+/m1/s1. The van der Waals surface area contributed by atoms with E-state index in [-0.39, 0.29) is 40.2 Å². The molecule has 0 spiro atoms. The number of halogens is 8. The van der Waals surface area contributed by atoms with Crippen molar-refractivity contribution in [3.8, 4) is 23.2 Å². The Hall–Kier alpha value is -3.97. The molecule has 2 aromatic heterocycles. The minimum Gasteiger partial charge on any atom is -0.461 e. The number of rotatable bonds is 7. The van der Waals surface area contributed by atoms with Gasteiger partial charge in [-0.2, -0.15) is 28.4 Å². The number of nitrogen functional groups attached to an aromatic ring is 1. The fourth-order valence-electron chi connectivity index (χ4n) is 6.48. The van der Waals surface area contributed by atoms with E-state index in [2.05, 4.69) is 9.97 Å². The number of alkyl halides is 6. The molecule has 0 saturated carbocycles. The van der Waals surface area contributed by atoms with Crippen LogP contribution in [-0.4, -0.2) is 66.3 Å². The quantitative estimate of drug-likeness (QED) is 0.216. The highest BCUT2D eigenvalue weighted by Gasteiger charge is 2.49. The maximum atomic E-state index is 16.6. The van der Waals surface area contributed by atoms with Gasteiger partial charge in [0.15, 0.2) is 5.82 Å². The van der Waals surface area contributed by atoms with Crippen LogP contribution in [0.3, 0.4) is 0 Å². The summed E-state index contributed by atoms with van der Waals surface area (Å²) in [5.74, 6) is -2.85. The van der Waals surface area contributed by atoms with E-state index in [4.69, 9.17) is 10.5 Å². The van der Waals surface area contributed by atoms with E-state index in [0.29, 0.717) is 30.4 Å². The molecule has 4 heterocycles. The molecule has 0 amide bonds. The van der Waals surface area contributed by atoms with Crippen LogP contribution in [0.2, 0.25) is 0 Å². The number of nitrogens with two attached hydrogens (primary N) is 1. The van der Waals surface area contributed by atoms with Crippen molar-refractivity contribution < 1.29 is 39.9 Å². The Morgan fingerprint density at radius 1 is 1.27 bits per heavy atom. The molecule has 2 fully saturated rings. The van der Waals surface area contributed by atoms with Crippen molar-refractivity contribution in [2.24, 2.45) is 0 Å². The zero-order valence-corrected chi connectivity index (χ0v) is 24.3. The van der Waals surface area contributed by atoms with Crippen molar-refractivity contribution in [2.45, 2.75) is 43.6 Å². The third-order valence-electron chi connectivity index (χ3n) is 8.40. The van der Waals surface area contributed by atoms with Gasteiger partial charge < -0.3 is 15.4 Å². The first-order chi connectivity index (χ1) is 21.2. The molecule has 2 aliphatic rings. The number of anilines is 2. The zero-order chi connectivity index (χ0) is 32.4. The summed E-state index contributed by atoms with van der Waals surface area (Å²) in [6.45, 7) is -0.251. The average Bonchev–Trinajstić information content (AvgIpc) is 3.60. The monoisotopic (exact) mass is 656 g/mol. The number of thiophene rings is 1. The highest BCUT2D eigenvalue weighted by atomic mass is 32.1. The van der Waals surface area contributed by atoms with Crippen LogP contribution in [0, 0.1) is 23.0 Å². The molecule has 2 aromatic carbocycles. The van der Waals surface area contributed by atoms with Crippen molar-refractivity contribution >= 4 is 43.1 Å². The van der Waals surface area contributed by atoms with Crippen LogP contribution in [0.1, 0.15) is 30.4 Å². The van der Waals surface area contributed by atoms with Crippen LogP contribution in [0.5, 0.6) is 6.01 Å². The summed E-state index contributed by atoms with van der Waals surface area (Å²) >= 11 is 0.624. The second-order valence-corrected chi connectivity index (χ2v) is 12.3. The summed E-state index contributed by atoms with van der Waals surface area (Å²) < 4.78 is 122. The van der Waals surface area contributed by atoms with Crippen LogP contribution >= 0.6 is 11.3 Å². The van der Waals surface area contributed by atoms with Crippen molar-refractivity contribution in [2.75, 3.05) is 43.9 Å². The molecular formula is C29H24F8N6OS. The SMILES string of the molecule is CN(CC(F)F)c1nc(OC[C@@]23CCCN2C[C@H](F)C3)nc2c(F)c(-c3ccc(F)c4sc(N)c(C#N)c34)c(C(F)(F)F)cc12. The summed E-state index contributed by atoms with van der Waals surface area (Å²) in [6.07, 6.45) is -7.70. The summed E-state index contributed by atoms with van der Waals surface area (Å²) in [7, 11) is 1.15. The van der Waals surface area contributed by atoms with Crippen molar-refractivity contribution in [3.05, 3.63) is 41.0 Å². The van der Waals surface area contributed by atoms with Crippen LogP contribution in [0.25, 0.3) is 32.1 Å². The van der Waals surface area contributed by atoms with E-state index in [1.54, 1.807) is 6.07 Å². The summed E-state index contributed by atoms with van der Waals surface area (Å²) in [5.41, 5.74) is 1.11. The lowest BCUT2D eigenvalue weighted by atomic mass is 9.92. The largest absolute Gasteiger partial charge is 0.461 e. The third kappa shape index (κ3) is 5.25. The molecular weight excluding hydrogens is 632 g/mol. The molecule has 7 nitrogen and oxygen atoms in total. The first-order valence-corrected chi connectivity index (χ1v) is 14.6. The Bertz CT molecular complexity index is 1860. The summed E-state index contributed by atoms with van der Waals surface area (Å²) in [4.78, 5) is 11.0. The normalized spacial score (nSPS) is 20.3. The fraction of sp³-hybridized carbons (Fsp3) is 0.414. The van der Waals surface area contributed by atoms with Crippen LogP contribution < -0.4 is 15.4 Å². The lowest BCUT2D eigenvalue weighted by molar-refractivity contribution is -0.137. The van der Waals surface area contributed by atoms with Gasteiger partial charge in [0.1, 0.15) is 41.0 Å². The minimum absolute atomic E-state index is 0.121. The molecule has 2 aliphatic heterocycles. The predicted molar refractivity (Wildman–Crippen MR) is 152 cm³/mol. The van der Waals surface area contributed by atoms with Gasteiger partial charge in [0.25, 0.3) is 6.43 Å². The van der Waals surface area contributed by atoms with Gasteiger partial charge in [-0.15, -0.1) is 11.3 Å². The van der Waals surface area contributed by atoms with Gasteiger partial charge in [-0.1, -0.05) is 6.07 Å². The molecule has 0 aliphatic carbocycles. The predicted octanol–water partition coefficient (Wildman–Crippen LogP) is 6.92. The van der Waals surface area contributed by atoms with E-state index >= 15 is 4.39 Å². The maximum Gasteiger partial charge on any atom is 0.417 e. The molecule has 0 bridgehead atoms. The first kappa shape index (κ1) is 31.0. The Balaban J connectivity index is 1.59. The molecule has 2 atom stereocenters. The van der Waals surface area contributed by atoms with Crippen molar-refractivity contribution in [1.29, 1.82) is 5.26 Å². The van der Waals surface area contributed by atoms with Crippen molar-refractivity contribution in [1.82, 2.24) is 14.9 Å². The van der Waals surface area contributed by atoms with Crippen LogP contribution in [0.15, 0.2) is 18.2 Å².